The van der Waals surface area contributed by atoms with Gasteiger partial charge in [0, 0.05) is 6.20 Å². The Hall–Kier alpha value is -3.61. The number of ether oxygens (including phenoxy) is 1. The summed E-state index contributed by atoms with van der Waals surface area (Å²) in [4.78, 5) is 19.5. The molecule has 0 saturated carbocycles. The van der Waals surface area contributed by atoms with E-state index in [4.69, 9.17) is 16.2 Å². The highest BCUT2D eigenvalue weighted by molar-refractivity contribution is 5.84. The summed E-state index contributed by atoms with van der Waals surface area (Å²) in [6.07, 6.45) is 1.50. The molecule has 0 aliphatic rings. The van der Waals surface area contributed by atoms with Crippen molar-refractivity contribution in [3.05, 3.63) is 77.5 Å². The van der Waals surface area contributed by atoms with Crippen molar-refractivity contribution < 1.29 is 9.53 Å². The molecule has 1 amide bonds. The first-order valence-electron chi connectivity index (χ1n) is 8.70. The number of aryl methyl sites for hydroxylation is 2. The highest BCUT2D eigenvalue weighted by Crippen LogP contribution is 2.20. The predicted octanol–water partition coefficient (Wildman–Crippen LogP) is 3.01. The number of amides is 1. The van der Waals surface area contributed by atoms with E-state index in [0.29, 0.717) is 17.1 Å². The minimum atomic E-state index is -0.747. The molecule has 1 heterocycles. The maximum Gasteiger partial charge on any atom is 0.244 e. The van der Waals surface area contributed by atoms with Crippen molar-refractivity contribution >= 4 is 17.7 Å². The van der Waals surface area contributed by atoms with Crippen molar-refractivity contribution in [2.45, 2.75) is 19.9 Å². The summed E-state index contributed by atoms with van der Waals surface area (Å²) in [5, 5.41) is 2.86. The van der Waals surface area contributed by atoms with Gasteiger partial charge in [-0.1, -0.05) is 47.5 Å². The van der Waals surface area contributed by atoms with Crippen LogP contribution in [0.5, 0.6) is 5.75 Å². The summed E-state index contributed by atoms with van der Waals surface area (Å²) in [6.45, 7) is 4.21. The number of benzene rings is 2. The predicted molar refractivity (Wildman–Crippen MR) is 111 cm³/mol. The molecule has 0 aliphatic carbocycles. The second-order valence-corrected chi connectivity index (χ2v) is 6.22. The Bertz CT molecular complexity index is 895. The number of anilines is 2. The van der Waals surface area contributed by atoms with E-state index in [2.05, 4.69) is 53.4 Å². The van der Waals surface area contributed by atoms with Gasteiger partial charge in [0.05, 0.1) is 7.11 Å². The fourth-order valence-corrected chi connectivity index (χ4v) is 2.49. The van der Waals surface area contributed by atoms with E-state index in [1.165, 1.54) is 17.3 Å². The highest BCUT2D eigenvalue weighted by Gasteiger charge is 2.18. The van der Waals surface area contributed by atoms with Crippen molar-refractivity contribution in [1.29, 1.82) is 0 Å². The van der Waals surface area contributed by atoms with Gasteiger partial charge in [-0.3, -0.25) is 4.79 Å². The topological polar surface area (TPSA) is 116 Å². The lowest BCUT2D eigenvalue weighted by molar-refractivity contribution is -0.118. The second-order valence-electron chi connectivity index (χ2n) is 6.22. The molecule has 5 N–H and O–H groups in total. The summed E-state index contributed by atoms with van der Waals surface area (Å²) in [6, 6.07) is 16.2. The van der Waals surface area contributed by atoms with Crippen LogP contribution in [0.2, 0.25) is 0 Å². The molecule has 0 aliphatic heterocycles. The van der Waals surface area contributed by atoms with Crippen LogP contribution in [0.1, 0.15) is 22.7 Å². The Labute approximate surface area is 164 Å². The molecule has 7 heteroatoms. The number of carbonyl (C=O) groups is 1. The zero-order valence-electron chi connectivity index (χ0n) is 16.2. The van der Waals surface area contributed by atoms with E-state index in [9.17, 15) is 4.79 Å². The third-order valence-corrected chi connectivity index (χ3v) is 3.86. The van der Waals surface area contributed by atoms with Crippen molar-refractivity contribution in [3.8, 4) is 5.75 Å². The Balaban J connectivity index is 0.000000292. The molecule has 146 valence electrons. The first-order valence-corrected chi connectivity index (χ1v) is 8.70. The van der Waals surface area contributed by atoms with Crippen LogP contribution in [0.25, 0.3) is 0 Å². The molecule has 1 atom stereocenters. The average Bonchev–Trinajstić information content (AvgIpc) is 2.66. The van der Waals surface area contributed by atoms with Crippen LogP contribution in [0.15, 0.2) is 60.8 Å². The minimum Gasteiger partial charge on any atom is -0.497 e. The van der Waals surface area contributed by atoms with E-state index in [1.807, 2.05) is 0 Å². The van der Waals surface area contributed by atoms with Gasteiger partial charge in [0.25, 0.3) is 0 Å². The number of methoxy groups -OCH3 is 1. The standard InChI is InChI=1S/C13H15N5O2.C8H10/c1-20-9-4-2-8(3-5-9)11(12(15)19)18-13-16-7-6-10(14)17-13;1-7-4-3-5-8(2)6-7/h2-7,11H,1H3,(H2,15,19)(H3,14,16,17,18);3-6H,1-2H3. The smallest absolute Gasteiger partial charge is 0.244 e. The number of rotatable bonds is 5. The number of primary amides is 1. The van der Waals surface area contributed by atoms with Crippen LogP contribution in [0.3, 0.4) is 0 Å². The largest absolute Gasteiger partial charge is 0.497 e. The van der Waals surface area contributed by atoms with Crippen LogP contribution < -0.4 is 21.5 Å². The molecule has 7 nitrogen and oxygen atoms in total. The Kier molecular flexibility index (Phi) is 7.33. The first kappa shape index (κ1) is 20.7. The van der Waals surface area contributed by atoms with Crippen LogP contribution in [-0.4, -0.2) is 23.0 Å². The van der Waals surface area contributed by atoms with Gasteiger partial charge in [-0.05, 0) is 37.6 Å². The molecular formula is C21H25N5O2. The van der Waals surface area contributed by atoms with Crippen LogP contribution >= 0.6 is 0 Å². The van der Waals surface area contributed by atoms with Crippen LogP contribution in [0.4, 0.5) is 11.8 Å². The summed E-state index contributed by atoms with van der Waals surface area (Å²) in [5.74, 6) is 0.698. The lowest BCUT2D eigenvalue weighted by Crippen LogP contribution is -2.28. The van der Waals surface area contributed by atoms with Crippen LogP contribution in [-0.2, 0) is 4.79 Å². The fourth-order valence-electron chi connectivity index (χ4n) is 2.49. The normalized spacial score (nSPS) is 11.0. The average molecular weight is 379 g/mol. The molecule has 1 unspecified atom stereocenters. The van der Waals surface area contributed by atoms with Gasteiger partial charge in [-0.2, -0.15) is 4.98 Å². The van der Waals surface area contributed by atoms with Crippen molar-refractivity contribution in [3.63, 3.8) is 0 Å². The summed E-state index contributed by atoms with van der Waals surface area (Å²) < 4.78 is 5.07. The number of nitrogens with one attached hydrogen (secondary N) is 1. The Morgan fingerprint density at radius 3 is 2.18 bits per heavy atom. The number of nitrogens with zero attached hydrogens (tertiary/aromatic N) is 2. The molecule has 0 fully saturated rings. The van der Waals surface area contributed by atoms with Gasteiger partial charge < -0.3 is 21.5 Å². The maximum atomic E-state index is 11.6. The SMILES string of the molecule is COc1ccc(C(Nc2nccc(N)n2)C(N)=O)cc1.Cc1cccc(C)c1. The molecular weight excluding hydrogens is 354 g/mol. The van der Waals surface area contributed by atoms with E-state index in [1.54, 1.807) is 37.4 Å². The number of hydrogen-bond donors (Lipinski definition) is 3. The number of carbonyl (C=O) groups excluding carboxylic acids is 1. The molecule has 3 rings (SSSR count). The van der Waals surface area contributed by atoms with Crippen molar-refractivity contribution in [2.24, 2.45) is 5.73 Å². The molecule has 1 aromatic heterocycles. The van der Waals surface area contributed by atoms with E-state index >= 15 is 0 Å². The third kappa shape index (κ3) is 6.28. The van der Waals surface area contributed by atoms with Crippen LogP contribution in [0, 0.1) is 13.8 Å². The van der Waals surface area contributed by atoms with Gasteiger partial charge in [0.15, 0.2) is 0 Å². The zero-order valence-corrected chi connectivity index (χ0v) is 16.2. The summed E-state index contributed by atoms with van der Waals surface area (Å²) >= 11 is 0. The fraction of sp³-hybridized carbons (Fsp3) is 0.190. The number of hydrogen-bond acceptors (Lipinski definition) is 6. The summed E-state index contributed by atoms with van der Waals surface area (Å²) in [7, 11) is 1.57. The lowest BCUT2D eigenvalue weighted by atomic mass is 10.1. The molecule has 28 heavy (non-hydrogen) atoms. The second kappa shape index (κ2) is 9.91. The monoisotopic (exact) mass is 379 g/mol. The molecule has 0 bridgehead atoms. The van der Waals surface area contributed by atoms with Crippen molar-refractivity contribution in [2.75, 3.05) is 18.2 Å². The molecule has 3 aromatic rings. The van der Waals surface area contributed by atoms with Gasteiger partial charge in [-0.15, -0.1) is 0 Å². The molecule has 0 radical (unpaired) electrons. The van der Waals surface area contributed by atoms with E-state index in [0.717, 1.165) is 0 Å². The first-order chi connectivity index (χ1) is 13.4. The highest BCUT2D eigenvalue weighted by atomic mass is 16.5. The van der Waals surface area contributed by atoms with Gasteiger partial charge >= 0.3 is 0 Å². The molecule has 0 saturated heterocycles. The van der Waals surface area contributed by atoms with Gasteiger partial charge in [-0.25, -0.2) is 4.98 Å². The quantitative estimate of drug-likeness (QED) is 0.627. The Morgan fingerprint density at radius 1 is 1.07 bits per heavy atom. The molecule has 0 spiro atoms. The minimum absolute atomic E-state index is 0.240. The van der Waals surface area contributed by atoms with Gasteiger partial charge in [0.2, 0.25) is 11.9 Å². The number of nitrogen functional groups attached to an aromatic ring is 1. The summed E-state index contributed by atoms with van der Waals surface area (Å²) in [5.41, 5.74) is 14.3. The van der Waals surface area contributed by atoms with Crippen molar-refractivity contribution in [1.82, 2.24) is 9.97 Å². The number of nitrogens with two attached hydrogens (primary N) is 2. The Morgan fingerprint density at radius 2 is 1.71 bits per heavy atom. The molecule has 2 aromatic carbocycles. The number of aromatic nitrogens is 2. The lowest BCUT2D eigenvalue weighted by Gasteiger charge is -2.16. The third-order valence-electron chi connectivity index (χ3n) is 3.86. The maximum absolute atomic E-state index is 11.6. The van der Waals surface area contributed by atoms with E-state index in [-0.39, 0.29) is 5.95 Å². The zero-order chi connectivity index (χ0) is 20.5. The van der Waals surface area contributed by atoms with Gasteiger partial charge in [0.1, 0.15) is 17.6 Å². The van der Waals surface area contributed by atoms with E-state index < -0.39 is 11.9 Å².